The molecule has 0 N–H and O–H groups in total. The van der Waals surface area contributed by atoms with Crippen LogP contribution in [0.3, 0.4) is 0 Å². The molecule has 0 aromatic heterocycles. The van der Waals surface area contributed by atoms with Crippen LogP contribution in [0, 0.1) is 0 Å². The van der Waals surface area contributed by atoms with E-state index in [1.165, 1.54) is 0 Å². The van der Waals surface area contributed by atoms with Crippen LogP contribution in [0.25, 0.3) is 0 Å². The molecular formula is C11H16NO3P. The summed E-state index contributed by atoms with van der Waals surface area (Å²) in [5.41, 5.74) is 0.922. The van der Waals surface area contributed by atoms with Crippen LogP contribution < -0.4 is 0 Å². The topological polar surface area (TPSA) is 40.0 Å². The molecule has 0 atom stereocenters. The fourth-order valence-corrected chi connectivity index (χ4v) is 1.75. The maximum Gasteiger partial charge on any atom is 0.312 e. The fourth-order valence-electron chi connectivity index (χ4n) is 1.12. The summed E-state index contributed by atoms with van der Waals surface area (Å²) in [6, 6.07) is 9.70. The number of benzene rings is 1. The third-order valence-corrected chi connectivity index (χ3v) is 2.76. The largest absolute Gasteiger partial charge is 0.477 e. The average Bonchev–Trinajstić information content (AvgIpc) is 2.35. The van der Waals surface area contributed by atoms with Gasteiger partial charge in [-0.1, -0.05) is 18.2 Å². The molecule has 0 saturated carbocycles. The highest BCUT2D eigenvalue weighted by Crippen LogP contribution is 2.38. The lowest BCUT2D eigenvalue weighted by molar-refractivity contribution is 0.320. The quantitative estimate of drug-likeness (QED) is 0.452. The molecule has 1 aromatic carbocycles. The molecule has 0 aliphatic heterocycles. The van der Waals surface area contributed by atoms with Crippen molar-refractivity contribution < 1.29 is 13.8 Å². The Morgan fingerprint density at radius 2 is 1.81 bits per heavy atom. The summed E-state index contributed by atoms with van der Waals surface area (Å²) in [4.78, 5) is 0. The van der Waals surface area contributed by atoms with Crippen molar-refractivity contribution in [2.75, 3.05) is 20.8 Å². The first-order chi connectivity index (χ1) is 7.81. The molecule has 0 aliphatic carbocycles. The smallest absolute Gasteiger partial charge is 0.312 e. The molecule has 0 aliphatic rings. The second-order valence-corrected chi connectivity index (χ2v) is 4.21. The summed E-state index contributed by atoms with van der Waals surface area (Å²) in [7, 11) is 1.86. The number of rotatable bonds is 5. The second-order valence-electron chi connectivity index (χ2n) is 2.81. The highest BCUT2D eigenvalue weighted by atomic mass is 31.2. The van der Waals surface area contributed by atoms with Crippen LogP contribution >= 0.6 is 8.53 Å². The van der Waals surface area contributed by atoms with E-state index in [2.05, 4.69) is 4.76 Å². The number of nitrogens with zero attached hydrogens (tertiary/aromatic N) is 1. The molecular weight excluding hydrogens is 225 g/mol. The van der Waals surface area contributed by atoms with Crippen LogP contribution in [0.1, 0.15) is 12.5 Å². The predicted octanol–water partition coefficient (Wildman–Crippen LogP) is 2.99. The van der Waals surface area contributed by atoms with E-state index < -0.39 is 8.53 Å². The lowest BCUT2D eigenvalue weighted by atomic mass is 10.2. The van der Waals surface area contributed by atoms with Gasteiger partial charge in [0.1, 0.15) is 0 Å². The second kappa shape index (κ2) is 7.34. The van der Waals surface area contributed by atoms with Gasteiger partial charge in [0.15, 0.2) is 0 Å². The minimum absolute atomic E-state index is 0.554. The minimum atomic E-state index is -1.27. The standard InChI is InChI=1S/C11H16NO3P/c1-4-15-11(12-16(13-2)14-3)10-8-6-5-7-9-10/h5-9H,4H2,1-3H3. The van der Waals surface area contributed by atoms with Gasteiger partial charge in [-0.2, -0.15) is 4.76 Å². The van der Waals surface area contributed by atoms with Gasteiger partial charge in [0.25, 0.3) is 0 Å². The maximum absolute atomic E-state index is 5.47. The van der Waals surface area contributed by atoms with Crippen LogP contribution in [0.2, 0.25) is 0 Å². The van der Waals surface area contributed by atoms with Gasteiger partial charge >= 0.3 is 8.53 Å². The Bertz CT molecular complexity index is 325. The Morgan fingerprint density at radius 1 is 1.19 bits per heavy atom. The Balaban J connectivity index is 2.90. The van der Waals surface area contributed by atoms with Gasteiger partial charge in [0.2, 0.25) is 5.90 Å². The van der Waals surface area contributed by atoms with Crippen LogP contribution in [0.5, 0.6) is 0 Å². The molecule has 0 spiro atoms. The molecule has 4 nitrogen and oxygen atoms in total. The molecule has 0 amide bonds. The molecule has 0 radical (unpaired) electrons. The minimum Gasteiger partial charge on any atom is -0.477 e. The summed E-state index contributed by atoms with van der Waals surface area (Å²) in [5.74, 6) is 0.554. The highest BCUT2D eigenvalue weighted by Gasteiger charge is 2.10. The van der Waals surface area contributed by atoms with Crippen molar-refractivity contribution in [3.8, 4) is 0 Å². The lowest BCUT2D eigenvalue weighted by Crippen LogP contribution is -2.06. The number of hydrogen-bond donors (Lipinski definition) is 0. The lowest BCUT2D eigenvalue weighted by Gasteiger charge is -2.10. The molecule has 0 fully saturated rings. The molecule has 16 heavy (non-hydrogen) atoms. The van der Waals surface area contributed by atoms with Gasteiger partial charge in [-0.25, -0.2) is 0 Å². The zero-order valence-electron chi connectivity index (χ0n) is 9.71. The van der Waals surface area contributed by atoms with Crippen molar-refractivity contribution in [3.63, 3.8) is 0 Å². The van der Waals surface area contributed by atoms with Crippen LogP contribution in [0.4, 0.5) is 0 Å². The summed E-state index contributed by atoms with van der Waals surface area (Å²) in [5, 5.41) is 0. The monoisotopic (exact) mass is 241 g/mol. The van der Waals surface area contributed by atoms with E-state index in [4.69, 9.17) is 13.8 Å². The molecule has 5 heteroatoms. The van der Waals surface area contributed by atoms with Crippen LogP contribution in [-0.4, -0.2) is 26.7 Å². The van der Waals surface area contributed by atoms with Gasteiger partial charge in [-0.15, -0.1) is 0 Å². The molecule has 0 saturated heterocycles. The van der Waals surface area contributed by atoms with Gasteiger partial charge < -0.3 is 13.8 Å². The van der Waals surface area contributed by atoms with Gasteiger partial charge in [-0.3, -0.25) is 0 Å². The van der Waals surface area contributed by atoms with Crippen molar-refractivity contribution in [1.29, 1.82) is 0 Å². The van der Waals surface area contributed by atoms with Crippen molar-refractivity contribution in [1.82, 2.24) is 0 Å². The Morgan fingerprint density at radius 3 is 2.31 bits per heavy atom. The SMILES string of the molecule is CCOC(=NP(OC)OC)c1ccccc1. The van der Waals surface area contributed by atoms with Crippen LogP contribution in [-0.2, 0) is 13.8 Å². The first-order valence-electron chi connectivity index (χ1n) is 4.97. The normalized spacial score (nSPS) is 11.9. The summed E-state index contributed by atoms with van der Waals surface area (Å²) in [6.07, 6.45) is 0. The molecule has 0 bridgehead atoms. The first kappa shape index (κ1) is 13.1. The zero-order valence-corrected chi connectivity index (χ0v) is 10.6. The van der Waals surface area contributed by atoms with Gasteiger partial charge in [-0.05, 0) is 19.1 Å². The number of hydrogen-bond acceptors (Lipinski definition) is 4. The van der Waals surface area contributed by atoms with Gasteiger partial charge in [0, 0.05) is 19.8 Å². The third kappa shape index (κ3) is 3.89. The Kier molecular flexibility index (Phi) is 6.01. The van der Waals surface area contributed by atoms with E-state index in [0.717, 1.165) is 5.56 Å². The van der Waals surface area contributed by atoms with E-state index in [1.54, 1.807) is 14.2 Å². The zero-order chi connectivity index (χ0) is 11.8. The molecule has 0 unspecified atom stereocenters. The van der Waals surface area contributed by atoms with Crippen molar-refractivity contribution in [2.24, 2.45) is 4.76 Å². The van der Waals surface area contributed by atoms with E-state index in [1.807, 2.05) is 37.3 Å². The van der Waals surface area contributed by atoms with E-state index in [-0.39, 0.29) is 0 Å². The van der Waals surface area contributed by atoms with Gasteiger partial charge in [0.05, 0.1) is 6.61 Å². The maximum atomic E-state index is 5.47. The molecule has 1 rings (SSSR count). The summed E-state index contributed by atoms with van der Waals surface area (Å²) < 4.78 is 19.9. The average molecular weight is 241 g/mol. The Hall–Kier alpha value is -0.960. The molecule has 0 heterocycles. The predicted molar refractivity (Wildman–Crippen MR) is 65.5 cm³/mol. The highest BCUT2D eigenvalue weighted by molar-refractivity contribution is 7.45. The third-order valence-electron chi connectivity index (χ3n) is 1.79. The summed E-state index contributed by atoms with van der Waals surface area (Å²) >= 11 is 0. The molecule has 1 aromatic rings. The van der Waals surface area contributed by atoms with Crippen molar-refractivity contribution >= 4 is 14.4 Å². The van der Waals surface area contributed by atoms with E-state index in [9.17, 15) is 0 Å². The van der Waals surface area contributed by atoms with Crippen LogP contribution in [0.15, 0.2) is 35.1 Å². The number of ether oxygens (including phenoxy) is 1. The van der Waals surface area contributed by atoms with E-state index >= 15 is 0 Å². The van der Waals surface area contributed by atoms with Crippen molar-refractivity contribution in [2.45, 2.75) is 6.92 Å². The first-order valence-corrected chi connectivity index (χ1v) is 6.10. The van der Waals surface area contributed by atoms with Crippen molar-refractivity contribution in [3.05, 3.63) is 35.9 Å². The van der Waals surface area contributed by atoms with E-state index in [0.29, 0.717) is 12.5 Å². The Labute approximate surface area is 97.2 Å². The molecule has 88 valence electrons. The summed E-state index contributed by atoms with van der Waals surface area (Å²) in [6.45, 7) is 2.48. The fraction of sp³-hybridized carbons (Fsp3) is 0.364.